The number of carbonyl (C=O) groups excluding carboxylic acids is 2. The number of aromatic nitrogens is 1. The first-order valence-electron chi connectivity index (χ1n) is 10.9. The number of carbonyl (C=O) groups is 2. The number of nitrogens with zero attached hydrogens (tertiary/aromatic N) is 2. The van der Waals surface area contributed by atoms with E-state index in [0.29, 0.717) is 36.7 Å². The number of hydrogen-bond acceptors (Lipinski definition) is 4. The maximum Gasteiger partial charge on any atom is 0.253 e. The third-order valence-corrected chi connectivity index (χ3v) is 5.61. The molecule has 2 amide bonds. The van der Waals surface area contributed by atoms with Crippen LogP contribution in [0.25, 0.3) is 0 Å². The van der Waals surface area contributed by atoms with Gasteiger partial charge in [-0.25, -0.2) is 0 Å². The fourth-order valence-electron chi connectivity index (χ4n) is 3.81. The molecule has 1 atom stereocenters. The van der Waals surface area contributed by atoms with Crippen LogP contribution in [0, 0.1) is 12.8 Å². The number of hydrogen-bond donors (Lipinski definition) is 1. The molecule has 164 valence electrons. The highest BCUT2D eigenvalue weighted by Crippen LogP contribution is 2.23. The summed E-state index contributed by atoms with van der Waals surface area (Å²) >= 11 is 0. The highest BCUT2D eigenvalue weighted by Gasteiger charge is 2.29. The lowest BCUT2D eigenvalue weighted by Crippen LogP contribution is -2.43. The zero-order valence-corrected chi connectivity index (χ0v) is 18.2. The van der Waals surface area contributed by atoms with E-state index in [0.717, 1.165) is 24.0 Å². The molecule has 1 fully saturated rings. The predicted octanol–water partition coefficient (Wildman–Crippen LogP) is 4.46. The summed E-state index contributed by atoms with van der Waals surface area (Å²) in [6.07, 6.45) is 5.06. The van der Waals surface area contributed by atoms with Crippen molar-refractivity contribution >= 4 is 17.5 Å². The van der Waals surface area contributed by atoms with E-state index >= 15 is 0 Å². The van der Waals surface area contributed by atoms with Crippen molar-refractivity contribution in [2.75, 3.05) is 18.4 Å². The van der Waals surface area contributed by atoms with Crippen molar-refractivity contribution in [3.63, 3.8) is 0 Å². The Hall–Kier alpha value is -3.67. The van der Waals surface area contributed by atoms with Gasteiger partial charge in [-0.2, -0.15) is 0 Å². The highest BCUT2D eigenvalue weighted by molar-refractivity contribution is 5.96. The first kappa shape index (κ1) is 21.6. The summed E-state index contributed by atoms with van der Waals surface area (Å²) in [5, 5.41) is 2.99. The van der Waals surface area contributed by atoms with Gasteiger partial charge in [-0.1, -0.05) is 29.8 Å². The summed E-state index contributed by atoms with van der Waals surface area (Å²) in [6.45, 7) is 3.50. The zero-order chi connectivity index (χ0) is 22.3. The van der Waals surface area contributed by atoms with E-state index in [-0.39, 0.29) is 17.7 Å². The number of nitrogens with one attached hydrogen (secondary N) is 1. The van der Waals surface area contributed by atoms with E-state index in [1.54, 1.807) is 17.3 Å². The lowest BCUT2D eigenvalue weighted by Gasteiger charge is -2.32. The smallest absolute Gasteiger partial charge is 0.253 e. The second-order valence-electron chi connectivity index (χ2n) is 8.12. The van der Waals surface area contributed by atoms with Crippen LogP contribution in [0.4, 0.5) is 5.69 Å². The van der Waals surface area contributed by atoms with Crippen molar-refractivity contribution in [1.82, 2.24) is 9.88 Å². The average molecular weight is 430 g/mol. The third-order valence-electron chi connectivity index (χ3n) is 5.61. The molecule has 6 nitrogen and oxygen atoms in total. The Labute approximate surface area is 188 Å². The third kappa shape index (κ3) is 5.52. The van der Waals surface area contributed by atoms with Gasteiger partial charge in [0.05, 0.1) is 5.92 Å². The van der Waals surface area contributed by atoms with Crippen LogP contribution in [0.2, 0.25) is 0 Å². The van der Waals surface area contributed by atoms with E-state index in [9.17, 15) is 9.59 Å². The van der Waals surface area contributed by atoms with Gasteiger partial charge in [-0.15, -0.1) is 0 Å². The van der Waals surface area contributed by atoms with Gasteiger partial charge in [0.2, 0.25) is 5.91 Å². The van der Waals surface area contributed by atoms with Gasteiger partial charge in [-0.3, -0.25) is 14.6 Å². The van der Waals surface area contributed by atoms with Crippen molar-refractivity contribution < 1.29 is 14.3 Å². The minimum Gasteiger partial charge on any atom is -0.489 e. The molecule has 4 rings (SSSR count). The summed E-state index contributed by atoms with van der Waals surface area (Å²) in [5.41, 5.74) is 3.43. The monoisotopic (exact) mass is 429 g/mol. The van der Waals surface area contributed by atoms with Crippen molar-refractivity contribution in [2.45, 2.75) is 26.4 Å². The largest absolute Gasteiger partial charge is 0.489 e. The van der Waals surface area contributed by atoms with Crippen molar-refractivity contribution in [3.05, 3.63) is 89.7 Å². The lowest BCUT2D eigenvalue weighted by atomic mass is 9.96. The number of anilines is 1. The Bertz CT molecular complexity index is 1070. The van der Waals surface area contributed by atoms with Crippen LogP contribution >= 0.6 is 0 Å². The number of benzene rings is 2. The van der Waals surface area contributed by atoms with Crippen LogP contribution < -0.4 is 10.1 Å². The fraction of sp³-hybridized carbons (Fsp3) is 0.269. The fourth-order valence-corrected chi connectivity index (χ4v) is 3.81. The second-order valence-corrected chi connectivity index (χ2v) is 8.12. The molecule has 0 radical (unpaired) electrons. The van der Waals surface area contributed by atoms with Gasteiger partial charge in [0, 0.05) is 48.4 Å². The van der Waals surface area contributed by atoms with Crippen LogP contribution in [0.3, 0.4) is 0 Å². The number of likely N-dealkylation sites (tertiary alicyclic amines) is 1. The maximum absolute atomic E-state index is 12.9. The first-order chi connectivity index (χ1) is 15.6. The molecule has 32 heavy (non-hydrogen) atoms. The van der Waals surface area contributed by atoms with Crippen LogP contribution in [-0.2, 0) is 11.4 Å². The summed E-state index contributed by atoms with van der Waals surface area (Å²) in [6, 6.07) is 18.7. The number of ether oxygens (including phenoxy) is 1. The molecule has 6 heteroatoms. The average Bonchev–Trinajstić information content (AvgIpc) is 2.84. The van der Waals surface area contributed by atoms with Crippen LogP contribution in [0.15, 0.2) is 73.1 Å². The lowest BCUT2D eigenvalue weighted by molar-refractivity contribution is -0.121. The van der Waals surface area contributed by atoms with E-state index in [1.807, 2.05) is 67.6 Å². The number of amides is 2. The molecular formula is C26H27N3O3. The normalized spacial score (nSPS) is 15.8. The number of rotatable bonds is 6. The number of aryl methyl sites for hydroxylation is 1. The zero-order valence-electron chi connectivity index (χ0n) is 18.2. The van der Waals surface area contributed by atoms with Crippen LogP contribution in [0.1, 0.15) is 34.3 Å². The molecule has 1 aliphatic heterocycles. The minimum atomic E-state index is -0.238. The summed E-state index contributed by atoms with van der Waals surface area (Å²) < 4.78 is 5.82. The Morgan fingerprint density at radius 3 is 2.75 bits per heavy atom. The van der Waals surface area contributed by atoms with Gasteiger partial charge in [0.1, 0.15) is 12.4 Å². The molecule has 3 aromatic rings. The Morgan fingerprint density at radius 1 is 1.12 bits per heavy atom. The van der Waals surface area contributed by atoms with Gasteiger partial charge < -0.3 is 15.0 Å². The SMILES string of the molecule is Cc1ccc(C(=O)N2CCCC(C(=O)Nc3cccc(OCc4cccnc4)c3)C2)cc1. The molecule has 1 saturated heterocycles. The second kappa shape index (κ2) is 10.1. The minimum absolute atomic E-state index is 0.0201. The van der Waals surface area contributed by atoms with E-state index in [2.05, 4.69) is 10.3 Å². The first-order valence-corrected chi connectivity index (χ1v) is 10.9. The molecule has 1 aromatic heterocycles. The number of pyridine rings is 1. The standard InChI is InChI=1S/C26H27N3O3/c1-19-9-11-21(12-10-19)26(31)29-14-4-6-22(17-29)25(30)28-23-7-2-8-24(15-23)32-18-20-5-3-13-27-16-20/h2-3,5,7-13,15-16,22H,4,6,14,17-18H2,1H3,(H,28,30). The van der Waals surface area contributed by atoms with Crippen molar-refractivity contribution in [1.29, 1.82) is 0 Å². The van der Waals surface area contributed by atoms with Crippen molar-refractivity contribution in [2.24, 2.45) is 5.92 Å². The highest BCUT2D eigenvalue weighted by atomic mass is 16.5. The molecule has 0 bridgehead atoms. The van der Waals surface area contributed by atoms with E-state index < -0.39 is 0 Å². The quantitative estimate of drug-likeness (QED) is 0.628. The van der Waals surface area contributed by atoms with Crippen molar-refractivity contribution in [3.8, 4) is 5.75 Å². The predicted molar refractivity (Wildman–Crippen MR) is 123 cm³/mol. The molecule has 0 spiro atoms. The summed E-state index contributed by atoms with van der Waals surface area (Å²) in [7, 11) is 0. The van der Waals surface area contributed by atoms with E-state index in [4.69, 9.17) is 4.74 Å². The maximum atomic E-state index is 12.9. The van der Waals surface area contributed by atoms with Crippen LogP contribution in [0.5, 0.6) is 5.75 Å². The van der Waals surface area contributed by atoms with E-state index in [1.165, 1.54) is 0 Å². The molecule has 2 heterocycles. The molecule has 0 saturated carbocycles. The Kier molecular flexibility index (Phi) is 6.80. The topological polar surface area (TPSA) is 71.5 Å². The molecule has 1 N–H and O–H groups in total. The molecule has 1 unspecified atom stereocenters. The molecule has 1 aliphatic rings. The summed E-state index contributed by atoms with van der Waals surface area (Å²) in [5.74, 6) is 0.341. The molecular weight excluding hydrogens is 402 g/mol. The molecule has 2 aromatic carbocycles. The van der Waals surface area contributed by atoms with Gasteiger partial charge in [0.15, 0.2) is 0 Å². The van der Waals surface area contributed by atoms with Gasteiger partial charge in [0.25, 0.3) is 5.91 Å². The van der Waals surface area contributed by atoms with Crippen LogP contribution in [-0.4, -0.2) is 34.8 Å². The Morgan fingerprint density at radius 2 is 1.97 bits per heavy atom. The van der Waals surface area contributed by atoms with Gasteiger partial charge in [-0.05, 0) is 50.1 Å². The summed E-state index contributed by atoms with van der Waals surface area (Å²) in [4.78, 5) is 31.6. The van der Waals surface area contributed by atoms with Gasteiger partial charge >= 0.3 is 0 Å². The Balaban J connectivity index is 1.35. The number of piperidine rings is 1. The molecule has 0 aliphatic carbocycles.